The van der Waals surface area contributed by atoms with E-state index in [2.05, 4.69) is 39.4 Å². The molecule has 1 heterocycles. The van der Waals surface area contributed by atoms with E-state index in [-0.39, 0.29) is 6.10 Å². The Morgan fingerprint density at radius 2 is 1.93 bits per heavy atom. The molecule has 1 aliphatic heterocycles. The molecular weight excluding hydrogens is 366 g/mol. The number of rotatable bonds is 10. The van der Waals surface area contributed by atoms with Crippen LogP contribution in [0.25, 0.3) is 0 Å². The highest BCUT2D eigenvalue weighted by molar-refractivity contribution is 5.79. The Bertz CT molecular complexity index is 611. The third kappa shape index (κ3) is 8.92. The van der Waals surface area contributed by atoms with Gasteiger partial charge in [0.15, 0.2) is 17.5 Å². The van der Waals surface area contributed by atoms with E-state index < -0.39 is 0 Å². The van der Waals surface area contributed by atoms with E-state index >= 15 is 0 Å². The lowest BCUT2D eigenvalue weighted by Crippen LogP contribution is -2.39. The van der Waals surface area contributed by atoms with E-state index in [0.29, 0.717) is 6.54 Å². The lowest BCUT2D eigenvalue weighted by Gasteiger charge is -2.20. The van der Waals surface area contributed by atoms with E-state index in [4.69, 9.17) is 9.47 Å². The third-order valence-electron chi connectivity index (χ3n) is 5.00. The molecular formula is C22H39N5O2. The Balaban J connectivity index is 1.73. The van der Waals surface area contributed by atoms with Crippen molar-refractivity contribution in [2.45, 2.75) is 32.8 Å². The molecule has 7 nitrogen and oxygen atoms in total. The summed E-state index contributed by atoms with van der Waals surface area (Å²) >= 11 is 0. The molecule has 164 valence electrons. The second-order valence-electron chi connectivity index (χ2n) is 7.58. The van der Waals surface area contributed by atoms with E-state index in [1.54, 1.807) is 7.11 Å². The van der Waals surface area contributed by atoms with Crippen molar-refractivity contribution in [3.63, 3.8) is 0 Å². The summed E-state index contributed by atoms with van der Waals surface area (Å²) in [5.74, 6) is 2.34. The van der Waals surface area contributed by atoms with Crippen molar-refractivity contribution in [3.8, 4) is 11.5 Å². The lowest BCUT2D eigenvalue weighted by atomic mass is 10.3. The number of nitrogens with zero attached hydrogens (tertiary/aromatic N) is 3. The van der Waals surface area contributed by atoms with Gasteiger partial charge in [-0.25, -0.2) is 4.99 Å². The van der Waals surface area contributed by atoms with Gasteiger partial charge in [-0.3, -0.25) is 0 Å². The van der Waals surface area contributed by atoms with Gasteiger partial charge in [-0.1, -0.05) is 12.1 Å². The number of hydrogen-bond acceptors (Lipinski definition) is 5. The van der Waals surface area contributed by atoms with Crippen molar-refractivity contribution in [2.24, 2.45) is 4.99 Å². The second kappa shape index (κ2) is 13.3. The molecule has 0 spiro atoms. The first-order valence-electron chi connectivity index (χ1n) is 10.8. The maximum Gasteiger partial charge on any atom is 0.191 e. The SMILES string of the molecule is CCNC(=NCC(C)Oc1ccccc1OC)NCCCN1CCCN(C)CC1. The van der Waals surface area contributed by atoms with Crippen molar-refractivity contribution < 1.29 is 9.47 Å². The van der Waals surface area contributed by atoms with E-state index in [1.165, 1.54) is 32.6 Å². The number of nitrogens with one attached hydrogen (secondary N) is 2. The number of hydrogen-bond donors (Lipinski definition) is 2. The standard InChI is InChI=1S/C22H39N5O2/c1-5-23-22(24-12-8-14-27-15-9-13-26(3)16-17-27)25-18-19(2)29-21-11-7-6-10-20(21)28-4/h6-7,10-11,19H,5,8-9,12-18H2,1-4H3,(H2,23,24,25). The topological polar surface area (TPSA) is 61.4 Å². The number of aliphatic imine (C=N–C) groups is 1. The van der Waals surface area contributed by atoms with Crippen LogP contribution in [0.4, 0.5) is 0 Å². The first kappa shape index (κ1) is 23.3. The quantitative estimate of drug-likeness (QED) is 0.353. The first-order chi connectivity index (χ1) is 14.1. The molecule has 1 atom stereocenters. The van der Waals surface area contributed by atoms with Gasteiger partial charge >= 0.3 is 0 Å². The van der Waals surface area contributed by atoms with Crippen LogP contribution in [0, 0.1) is 0 Å². The molecule has 7 heteroatoms. The third-order valence-corrected chi connectivity index (χ3v) is 5.00. The number of methoxy groups -OCH3 is 1. The van der Waals surface area contributed by atoms with Gasteiger partial charge in [0.25, 0.3) is 0 Å². The van der Waals surface area contributed by atoms with E-state index in [9.17, 15) is 0 Å². The van der Waals surface area contributed by atoms with Gasteiger partial charge < -0.3 is 29.9 Å². The van der Waals surface area contributed by atoms with Crippen LogP contribution in [-0.2, 0) is 0 Å². The van der Waals surface area contributed by atoms with Gasteiger partial charge in [-0.05, 0) is 65.5 Å². The molecule has 0 saturated carbocycles. The van der Waals surface area contributed by atoms with Crippen LogP contribution in [0.2, 0.25) is 0 Å². The molecule has 0 amide bonds. The summed E-state index contributed by atoms with van der Waals surface area (Å²) in [6.45, 7) is 12.3. The molecule has 0 aliphatic carbocycles. The maximum absolute atomic E-state index is 5.99. The molecule has 29 heavy (non-hydrogen) atoms. The van der Waals surface area contributed by atoms with Crippen LogP contribution in [0.1, 0.15) is 26.7 Å². The Hall–Kier alpha value is -1.99. The molecule has 1 aliphatic rings. The first-order valence-corrected chi connectivity index (χ1v) is 10.8. The van der Waals surface area contributed by atoms with E-state index in [0.717, 1.165) is 43.5 Å². The number of benzene rings is 1. The van der Waals surface area contributed by atoms with Gasteiger partial charge in [0, 0.05) is 26.2 Å². The number of guanidine groups is 1. The number of ether oxygens (including phenoxy) is 2. The molecule has 1 aromatic carbocycles. The van der Waals surface area contributed by atoms with Gasteiger partial charge in [-0.15, -0.1) is 0 Å². The highest BCUT2D eigenvalue weighted by atomic mass is 16.5. The minimum absolute atomic E-state index is 0.0455. The lowest BCUT2D eigenvalue weighted by molar-refractivity contribution is 0.219. The molecule has 2 N–H and O–H groups in total. The van der Waals surface area contributed by atoms with E-state index in [1.807, 2.05) is 31.2 Å². The fourth-order valence-electron chi connectivity index (χ4n) is 3.36. The average Bonchev–Trinajstić information content (AvgIpc) is 2.93. The van der Waals surface area contributed by atoms with Crippen molar-refractivity contribution in [1.82, 2.24) is 20.4 Å². The van der Waals surface area contributed by atoms with Crippen LogP contribution in [0.5, 0.6) is 11.5 Å². The number of para-hydroxylation sites is 2. The number of likely N-dealkylation sites (N-methyl/N-ethyl adjacent to an activating group) is 1. The molecule has 1 saturated heterocycles. The minimum Gasteiger partial charge on any atom is -0.493 e. The summed E-state index contributed by atoms with van der Waals surface area (Å²) in [4.78, 5) is 9.67. The van der Waals surface area contributed by atoms with Crippen LogP contribution in [0.15, 0.2) is 29.3 Å². The fraction of sp³-hybridized carbons (Fsp3) is 0.682. The summed E-state index contributed by atoms with van der Waals surface area (Å²) in [7, 11) is 3.87. The van der Waals surface area contributed by atoms with Crippen molar-refractivity contribution in [2.75, 3.05) is 66.5 Å². The average molecular weight is 406 g/mol. The van der Waals surface area contributed by atoms with Crippen LogP contribution >= 0.6 is 0 Å². The second-order valence-corrected chi connectivity index (χ2v) is 7.58. The van der Waals surface area contributed by atoms with Gasteiger partial charge in [0.1, 0.15) is 6.10 Å². The van der Waals surface area contributed by atoms with Crippen LogP contribution in [-0.4, -0.2) is 88.4 Å². The zero-order valence-corrected chi connectivity index (χ0v) is 18.6. The monoisotopic (exact) mass is 405 g/mol. The Morgan fingerprint density at radius 1 is 1.14 bits per heavy atom. The largest absolute Gasteiger partial charge is 0.493 e. The van der Waals surface area contributed by atoms with Crippen molar-refractivity contribution in [3.05, 3.63) is 24.3 Å². The highest BCUT2D eigenvalue weighted by Gasteiger charge is 2.12. The smallest absolute Gasteiger partial charge is 0.191 e. The minimum atomic E-state index is -0.0455. The highest BCUT2D eigenvalue weighted by Crippen LogP contribution is 2.26. The summed E-state index contributed by atoms with van der Waals surface area (Å²) in [6.07, 6.45) is 2.33. The Kier molecular flexibility index (Phi) is 10.7. The van der Waals surface area contributed by atoms with Crippen molar-refractivity contribution in [1.29, 1.82) is 0 Å². The fourth-order valence-corrected chi connectivity index (χ4v) is 3.36. The van der Waals surface area contributed by atoms with Gasteiger partial charge in [-0.2, -0.15) is 0 Å². The zero-order chi connectivity index (χ0) is 20.9. The summed E-state index contributed by atoms with van der Waals surface area (Å²) < 4.78 is 11.3. The predicted molar refractivity (Wildman–Crippen MR) is 120 cm³/mol. The Labute approximate surface area is 176 Å². The summed E-state index contributed by atoms with van der Waals surface area (Å²) in [6, 6.07) is 7.70. The summed E-state index contributed by atoms with van der Waals surface area (Å²) in [5, 5.41) is 6.76. The molecule has 0 bridgehead atoms. The molecule has 0 aromatic heterocycles. The normalized spacial score (nSPS) is 17.4. The van der Waals surface area contributed by atoms with Crippen LogP contribution in [0.3, 0.4) is 0 Å². The summed E-state index contributed by atoms with van der Waals surface area (Å²) in [5.41, 5.74) is 0. The zero-order valence-electron chi connectivity index (χ0n) is 18.6. The Morgan fingerprint density at radius 3 is 2.69 bits per heavy atom. The van der Waals surface area contributed by atoms with Gasteiger partial charge in [0.2, 0.25) is 0 Å². The van der Waals surface area contributed by atoms with Crippen LogP contribution < -0.4 is 20.1 Å². The molecule has 2 rings (SSSR count). The molecule has 1 unspecified atom stereocenters. The molecule has 1 fully saturated rings. The van der Waals surface area contributed by atoms with Crippen molar-refractivity contribution >= 4 is 5.96 Å². The molecule has 1 aromatic rings. The maximum atomic E-state index is 5.99. The predicted octanol–water partition coefficient (Wildman–Crippen LogP) is 2.05. The van der Waals surface area contributed by atoms with Gasteiger partial charge in [0.05, 0.1) is 13.7 Å². The molecule has 0 radical (unpaired) electrons.